The first-order chi connectivity index (χ1) is 8.49. The molecule has 0 amide bonds. The number of aryl methyl sites for hydroxylation is 2. The summed E-state index contributed by atoms with van der Waals surface area (Å²) in [6.07, 6.45) is 1.04. The van der Waals surface area contributed by atoms with E-state index in [1.165, 1.54) is 0 Å². The van der Waals surface area contributed by atoms with E-state index in [0.717, 1.165) is 17.1 Å². The van der Waals surface area contributed by atoms with E-state index < -0.39 is 6.10 Å². The van der Waals surface area contributed by atoms with Gasteiger partial charge in [-0.1, -0.05) is 0 Å². The molecule has 1 N–H and O–H groups in total. The molecule has 5 nitrogen and oxygen atoms in total. The summed E-state index contributed by atoms with van der Waals surface area (Å²) in [4.78, 5) is 4.14. The Morgan fingerprint density at radius 1 is 1.33 bits per heavy atom. The van der Waals surface area contributed by atoms with Crippen molar-refractivity contribution in [1.29, 1.82) is 0 Å². The number of hydrogen-bond acceptors (Lipinski definition) is 4. The average Bonchev–Trinajstić information content (AvgIpc) is 2.57. The van der Waals surface area contributed by atoms with Crippen molar-refractivity contribution < 1.29 is 9.84 Å². The van der Waals surface area contributed by atoms with Crippen LogP contribution >= 0.6 is 0 Å². The van der Waals surface area contributed by atoms with Gasteiger partial charge in [-0.3, -0.25) is 9.67 Å². The second kappa shape index (κ2) is 4.78. The Morgan fingerprint density at radius 2 is 2.06 bits per heavy atom. The number of rotatable bonds is 3. The second-order valence-corrected chi connectivity index (χ2v) is 4.32. The van der Waals surface area contributed by atoms with Gasteiger partial charge in [-0.2, -0.15) is 5.10 Å². The van der Waals surface area contributed by atoms with Gasteiger partial charge in [0.15, 0.2) is 5.75 Å². The van der Waals surface area contributed by atoms with Gasteiger partial charge in [0.05, 0.1) is 23.7 Å². The highest BCUT2D eigenvalue weighted by Crippen LogP contribution is 2.27. The molecule has 2 rings (SSSR count). The molecule has 5 heteroatoms. The van der Waals surface area contributed by atoms with Crippen LogP contribution in [0.1, 0.15) is 30.1 Å². The number of aliphatic hydroxyl groups excluding tert-OH is 1. The Balaban J connectivity index is 2.23. The topological polar surface area (TPSA) is 60.2 Å². The predicted octanol–water partition coefficient (Wildman–Crippen LogP) is 2.28. The van der Waals surface area contributed by atoms with Gasteiger partial charge in [-0.15, -0.1) is 0 Å². The summed E-state index contributed by atoms with van der Waals surface area (Å²) in [5.41, 5.74) is 2.43. The SMILES string of the molecule is Cc1nn(C)c(C)c1Oc1ccc([C@@H](C)O)nc1. The highest BCUT2D eigenvalue weighted by molar-refractivity contribution is 5.36. The molecule has 0 saturated carbocycles. The molecule has 96 valence electrons. The van der Waals surface area contributed by atoms with Crippen LogP contribution in [0.2, 0.25) is 0 Å². The van der Waals surface area contributed by atoms with Crippen molar-refractivity contribution in [1.82, 2.24) is 14.8 Å². The molecular formula is C13H17N3O2. The van der Waals surface area contributed by atoms with Crippen LogP contribution in [0.5, 0.6) is 11.5 Å². The molecule has 0 aliphatic rings. The summed E-state index contributed by atoms with van der Waals surface area (Å²) in [6.45, 7) is 5.53. The number of aromatic nitrogens is 3. The average molecular weight is 247 g/mol. The molecule has 0 spiro atoms. The van der Waals surface area contributed by atoms with Crippen molar-refractivity contribution >= 4 is 0 Å². The Morgan fingerprint density at radius 3 is 2.50 bits per heavy atom. The van der Waals surface area contributed by atoms with Gasteiger partial charge >= 0.3 is 0 Å². The van der Waals surface area contributed by atoms with Crippen LogP contribution in [-0.4, -0.2) is 19.9 Å². The van der Waals surface area contributed by atoms with Crippen molar-refractivity contribution in [3.63, 3.8) is 0 Å². The Labute approximate surface area is 106 Å². The van der Waals surface area contributed by atoms with Crippen LogP contribution < -0.4 is 4.74 Å². The minimum absolute atomic E-state index is 0.569. The standard InChI is InChI=1S/C13H17N3O2/c1-8-13(9(2)16(4)15-8)18-11-5-6-12(10(3)17)14-7-11/h5-7,10,17H,1-4H3/t10-/m1/s1. The van der Waals surface area contributed by atoms with E-state index in [0.29, 0.717) is 11.4 Å². The molecule has 0 fully saturated rings. The van der Waals surface area contributed by atoms with E-state index in [1.807, 2.05) is 20.9 Å². The molecule has 2 aromatic heterocycles. The highest BCUT2D eigenvalue weighted by Gasteiger charge is 2.12. The summed E-state index contributed by atoms with van der Waals surface area (Å²) in [7, 11) is 1.88. The maximum absolute atomic E-state index is 9.38. The third-order valence-electron chi connectivity index (χ3n) is 2.85. The minimum atomic E-state index is -0.569. The van der Waals surface area contributed by atoms with E-state index in [4.69, 9.17) is 4.74 Å². The Hall–Kier alpha value is -1.88. The Bertz CT molecular complexity index is 544. The van der Waals surface area contributed by atoms with Crippen molar-refractivity contribution in [2.45, 2.75) is 26.9 Å². The van der Waals surface area contributed by atoms with Gasteiger partial charge in [0.1, 0.15) is 11.4 Å². The van der Waals surface area contributed by atoms with Crippen LogP contribution in [0.25, 0.3) is 0 Å². The van der Waals surface area contributed by atoms with E-state index in [-0.39, 0.29) is 0 Å². The predicted molar refractivity (Wildman–Crippen MR) is 67.6 cm³/mol. The fraction of sp³-hybridized carbons (Fsp3) is 0.385. The molecule has 1 atom stereocenters. The molecule has 0 aliphatic heterocycles. The van der Waals surface area contributed by atoms with Gasteiger partial charge in [0, 0.05) is 7.05 Å². The zero-order valence-corrected chi connectivity index (χ0v) is 11.0. The minimum Gasteiger partial charge on any atom is -0.452 e. The molecule has 0 saturated heterocycles. The van der Waals surface area contributed by atoms with Crippen LogP contribution in [0.3, 0.4) is 0 Å². The van der Waals surface area contributed by atoms with Crippen LogP contribution in [-0.2, 0) is 7.05 Å². The number of aliphatic hydroxyl groups is 1. The molecule has 2 heterocycles. The fourth-order valence-corrected chi connectivity index (χ4v) is 1.72. The fourth-order valence-electron chi connectivity index (χ4n) is 1.72. The molecule has 0 bridgehead atoms. The molecule has 0 radical (unpaired) electrons. The first-order valence-electron chi connectivity index (χ1n) is 5.81. The summed E-state index contributed by atoms with van der Waals surface area (Å²) in [6, 6.07) is 3.54. The molecule has 0 unspecified atom stereocenters. The maximum Gasteiger partial charge on any atom is 0.171 e. The zero-order valence-electron chi connectivity index (χ0n) is 11.0. The first kappa shape index (κ1) is 12.6. The van der Waals surface area contributed by atoms with Crippen molar-refractivity contribution in [3.8, 4) is 11.5 Å². The molecule has 0 aromatic carbocycles. The lowest BCUT2D eigenvalue weighted by Crippen LogP contribution is -1.96. The quantitative estimate of drug-likeness (QED) is 0.904. The van der Waals surface area contributed by atoms with Gasteiger partial charge in [-0.05, 0) is 32.9 Å². The molecule has 2 aromatic rings. The van der Waals surface area contributed by atoms with Gasteiger partial charge in [-0.25, -0.2) is 0 Å². The van der Waals surface area contributed by atoms with Crippen molar-refractivity contribution in [2.75, 3.05) is 0 Å². The maximum atomic E-state index is 9.38. The van der Waals surface area contributed by atoms with Gasteiger partial charge in [0.2, 0.25) is 0 Å². The third-order valence-corrected chi connectivity index (χ3v) is 2.85. The second-order valence-electron chi connectivity index (χ2n) is 4.32. The summed E-state index contributed by atoms with van der Waals surface area (Å²) in [5.74, 6) is 1.39. The van der Waals surface area contributed by atoms with E-state index >= 15 is 0 Å². The number of ether oxygens (including phenoxy) is 1. The van der Waals surface area contributed by atoms with Gasteiger partial charge < -0.3 is 9.84 Å². The van der Waals surface area contributed by atoms with E-state index in [1.54, 1.807) is 29.9 Å². The van der Waals surface area contributed by atoms with Crippen molar-refractivity contribution in [3.05, 3.63) is 35.4 Å². The van der Waals surface area contributed by atoms with E-state index in [9.17, 15) is 5.11 Å². The number of nitrogens with zero attached hydrogens (tertiary/aromatic N) is 3. The smallest absolute Gasteiger partial charge is 0.171 e. The lowest BCUT2D eigenvalue weighted by molar-refractivity contribution is 0.194. The van der Waals surface area contributed by atoms with Crippen LogP contribution in [0, 0.1) is 13.8 Å². The summed E-state index contributed by atoms with van der Waals surface area (Å²) in [5, 5.41) is 13.7. The summed E-state index contributed by atoms with van der Waals surface area (Å²) < 4.78 is 7.55. The number of hydrogen-bond donors (Lipinski definition) is 1. The van der Waals surface area contributed by atoms with Crippen LogP contribution in [0.15, 0.2) is 18.3 Å². The first-order valence-corrected chi connectivity index (χ1v) is 5.81. The Kier molecular flexibility index (Phi) is 3.34. The normalized spacial score (nSPS) is 12.5. The highest BCUT2D eigenvalue weighted by atomic mass is 16.5. The largest absolute Gasteiger partial charge is 0.452 e. The number of pyridine rings is 1. The van der Waals surface area contributed by atoms with Crippen molar-refractivity contribution in [2.24, 2.45) is 7.05 Å². The molecule has 18 heavy (non-hydrogen) atoms. The van der Waals surface area contributed by atoms with E-state index in [2.05, 4.69) is 10.1 Å². The monoisotopic (exact) mass is 247 g/mol. The van der Waals surface area contributed by atoms with Gasteiger partial charge in [0.25, 0.3) is 0 Å². The lowest BCUT2D eigenvalue weighted by atomic mass is 10.2. The van der Waals surface area contributed by atoms with Crippen LogP contribution in [0.4, 0.5) is 0 Å². The molecule has 0 aliphatic carbocycles. The summed E-state index contributed by atoms with van der Waals surface area (Å²) >= 11 is 0. The zero-order chi connectivity index (χ0) is 13.3. The lowest BCUT2D eigenvalue weighted by Gasteiger charge is -2.07. The third kappa shape index (κ3) is 2.36. The molecular weight excluding hydrogens is 230 g/mol.